The van der Waals surface area contributed by atoms with E-state index in [1.807, 2.05) is 20.0 Å². The van der Waals surface area contributed by atoms with Crippen molar-refractivity contribution in [3.05, 3.63) is 35.9 Å². The molecule has 1 rings (SSSR count). The first kappa shape index (κ1) is 14.2. The lowest BCUT2D eigenvalue weighted by atomic mass is 10.1. The molecule has 3 heteroatoms. The van der Waals surface area contributed by atoms with Crippen LogP contribution in [0.15, 0.2) is 30.3 Å². The molecule has 0 amide bonds. The van der Waals surface area contributed by atoms with Crippen LogP contribution in [-0.4, -0.2) is 49.5 Å². The summed E-state index contributed by atoms with van der Waals surface area (Å²) < 4.78 is 5.18. The summed E-state index contributed by atoms with van der Waals surface area (Å²) in [6.07, 6.45) is 0.620. The van der Waals surface area contributed by atoms with E-state index in [2.05, 4.69) is 29.2 Å². The smallest absolute Gasteiger partial charge is 0.0900 e. The van der Waals surface area contributed by atoms with Gasteiger partial charge in [0.15, 0.2) is 0 Å². The molecule has 0 aliphatic heterocycles. The fourth-order valence-electron chi connectivity index (χ4n) is 1.72. The Morgan fingerprint density at radius 3 is 2.65 bits per heavy atom. The topological polar surface area (TPSA) is 32.7 Å². The highest BCUT2D eigenvalue weighted by molar-refractivity contribution is 5.14. The maximum Gasteiger partial charge on any atom is 0.0900 e. The van der Waals surface area contributed by atoms with Gasteiger partial charge in [-0.05, 0) is 26.0 Å². The van der Waals surface area contributed by atoms with Gasteiger partial charge in [-0.3, -0.25) is 0 Å². The minimum absolute atomic E-state index is 0.393. The quantitative estimate of drug-likeness (QED) is 0.745. The highest BCUT2D eigenvalue weighted by Gasteiger charge is 2.07. The van der Waals surface area contributed by atoms with Gasteiger partial charge in [-0.25, -0.2) is 0 Å². The second-order valence-electron chi connectivity index (χ2n) is 4.31. The average molecular weight is 237 g/mol. The van der Waals surface area contributed by atoms with E-state index in [0.29, 0.717) is 19.8 Å². The Kier molecular flexibility index (Phi) is 6.86. The monoisotopic (exact) mass is 237 g/mol. The zero-order valence-corrected chi connectivity index (χ0v) is 10.8. The van der Waals surface area contributed by atoms with E-state index in [9.17, 15) is 5.11 Å². The molecular weight excluding hydrogens is 214 g/mol. The van der Waals surface area contributed by atoms with Crippen molar-refractivity contribution >= 4 is 0 Å². The van der Waals surface area contributed by atoms with E-state index in [-0.39, 0.29) is 0 Å². The van der Waals surface area contributed by atoms with E-state index in [1.54, 1.807) is 0 Å². The van der Waals surface area contributed by atoms with Crippen LogP contribution in [0, 0.1) is 0 Å². The number of aliphatic hydroxyl groups is 1. The van der Waals surface area contributed by atoms with Gasteiger partial charge in [0.05, 0.1) is 12.7 Å². The fourth-order valence-corrected chi connectivity index (χ4v) is 1.72. The third kappa shape index (κ3) is 6.41. The summed E-state index contributed by atoms with van der Waals surface area (Å²) in [7, 11) is 2.03. The lowest BCUT2D eigenvalue weighted by molar-refractivity contribution is 0.0257. The van der Waals surface area contributed by atoms with Gasteiger partial charge < -0.3 is 14.7 Å². The molecule has 0 aliphatic rings. The molecule has 1 N–H and O–H groups in total. The number of ether oxygens (including phenoxy) is 1. The van der Waals surface area contributed by atoms with Crippen molar-refractivity contribution in [2.24, 2.45) is 0 Å². The van der Waals surface area contributed by atoms with Crippen LogP contribution in [0.3, 0.4) is 0 Å². The second kappa shape index (κ2) is 8.23. The number of hydrogen-bond acceptors (Lipinski definition) is 3. The minimum Gasteiger partial charge on any atom is -0.389 e. The lowest BCUT2D eigenvalue weighted by Crippen LogP contribution is -2.33. The van der Waals surface area contributed by atoms with E-state index in [0.717, 1.165) is 13.0 Å². The predicted octanol–water partition coefficient (Wildman–Crippen LogP) is 1.56. The maximum absolute atomic E-state index is 9.68. The Morgan fingerprint density at radius 1 is 1.29 bits per heavy atom. The molecular formula is C14H23NO2. The Balaban J connectivity index is 2.19. The number of rotatable bonds is 8. The molecule has 1 atom stereocenters. The lowest BCUT2D eigenvalue weighted by Gasteiger charge is -2.20. The van der Waals surface area contributed by atoms with Crippen molar-refractivity contribution in [3.63, 3.8) is 0 Å². The van der Waals surface area contributed by atoms with E-state index in [4.69, 9.17) is 4.74 Å². The fraction of sp³-hybridized carbons (Fsp3) is 0.571. The van der Waals surface area contributed by atoms with Crippen molar-refractivity contribution in [2.75, 3.05) is 33.4 Å². The van der Waals surface area contributed by atoms with Crippen molar-refractivity contribution in [2.45, 2.75) is 19.4 Å². The Morgan fingerprint density at radius 2 is 2.00 bits per heavy atom. The molecule has 17 heavy (non-hydrogen) atoms. The molecule has 1 aromatic rings. The standard InChI is InChI=1S/C14H23NO2/c1-3-17-12-14(16)11-15(2)10-9-13-7-5-4-6-8-13/h4-8,14,16H,3,9-12H2,1-2H3. The van der Waals surface area contributed by atoms with E-state index < -0.39 is 6.10 Å². The van der Waals surface area contributed by atoms with E-state index in [1.165, 1.54) is 5.56 Å². The summed E-state index contributed by atoms with van der Waals surface area (Å²) in [6, 6.07) is 10.4. The second-order valence-corrected chi connectivity index (χ2v) is 4.31. The van der Waals surface area contributed by atoms with Crippen LogP contribution < -0.4 is 0 Å². The van der Waals surface area contributed by atoms with Crippen LogP contribution in [0.5, 0.6) is 0 Å². The first-order valence-corrected chi connectivity index (χ1v) is 6.20. The van der Waals surface area contributed by atoms with E-state index >= 15 is 0 Å². The SMILES string of the molecule is CCOCC(O)CN(C)CCc1ccccc1. The summed E-state index contributed by atoms with van der Waals surface area (Å²) >= 11 is 0. The molecule has 96 valence electrons. The summed E-state index contributed by atoms with van der Waals surface area (Å²) in [5.74, 6) is 0. The van der Waals surface area contributed by atoms with Crippen molar-refractivity contribution in [3.8, 4) is 0 Å². The molecule has 0 saturated carbocycles. The van der Waals surface area contributed by atoms with Gasteiger partial charge in [0, 0.05) is 19.7 Å². The van der Waals surface area contributed by atoms with Crippen LogP contribution in [0.4, 0.5) is 0 Å². The molecule has 0 radical (unpaired) electrons. The number of benzene rings is 1. The average Bonchev–Trinajstić information content (AvgIpc) is 2.35. The number of nitrogens with zero attached hydrogens (tertiary/aromatic N) is 1. The Labute approximate surface area is 104 Å². The normalized spacial score (nSPS) is 12.9. The largest absolute Gasteiger partial charge is 0.389 e. The van der Waals surface area contributed by atoms with Gasteiger partial charge in [0.1, 0.15) is 0 Å². The van der Waals surface area contributed by atoms with Gasteiger partial charge in [-0.15, -0.1) is 0 Å². The van der Waals surface area contributed by atoms with Gasteiger partial charge in [0.2, 0.25) is 0 Å². The zero-order chi connectivity index (χ0) is 12.5. The Hall–Kier alpha value is -0.900. The first-order chi connectivity index (χ1) is 8.22. The molecule has 1 unspecified atom stereocenters. The third-order valence-electron chi connectivity index (χ3n) is 2.66. The molecule has 0 aromatic heterocycles. The Bertz CT molecular complexity index is 290. The van der Waals surface area contributed by atoms with Crippen molar-refractivity contribution in [1.29, 1.82) is 0 Å². The van der Waals surface area contributed by atoms with Gasteiger partial charge >= 0.3 is 0 Å². The van der Waals surface area contributed by atoms with Gasteiger partial charge in [0.25, 0.3) is 0 Å². The first-order valence-electron chi connectivity index (χ1n) is 6.20. The molecule has 3 nitrogen and oxygen atoms in total. The molecule has 0 bridgehead atoms. The van der Waals surface area contributed by atoms with Crippen LogP contribution in [0.1, 0.15) is 12.5 Å². The molecule has 0 fully saturated rings. The highest BCUT2D eigenvalue weighted by atomic mass is 16.5. The van der Waals surface area contributed by atoms with Gasteiger partial charge in [-0.1, -0.05) is 30.3 Å². The van der Waals surface area contributed by atoms with Crippen LogP contribution >= 0.6 is 0 Å². The van der Waals surface area contributed by atoms with Crippen LogP contribution in [0.2, 0.25) is 0 Å². The molecule has 0 heterocycles. The van der Waals surface area contributed by atoms with Crippen LogP contribution in [-0.2, 0) is 11.2 Å². The van der Waals surface area contributed by atoms with Crippen LogP contribution in [0.25, 0.3) is 0 Å². The number of hydrogen-bond donors (Lipinski definition) is 1. The van der Waals surface area contributed by atoms with Crippen molar-refractivity contribution in [1.82, 2.24) is 4.90 Å². The summed E-state index contributed by atoms with van der Waals surface area (Å²) in [6.45, 7) is 4.63. The molecule has 0 aliphatic carbocycles. The highest BCUT2D eigenvalue weighted by Crippen LogP contribution is 2.01. The van der Waals surface area contributed by atoms with Gasteiger partial charge in [-0.2, -0.15) is 0 Å². The molecule has 0 spiro atoms. The summed E-state index contributed by atoms with van der Waals surface area (Å²) in [5.41, 5.74) is 1.33. The number of likely N-dealkylation sites (N-methyl/N-ethyl adjacent to an activating group) is 1. The minimum atomic E-state index is -0.393. The summed E-state index contributed by atoms with van der Waals surface area (Å²) in [5, 5.41) is 9.68. The van der Waals surface area contributed by atoms with Crippen molar-refractivity contribution < 1.29 is 9.84 Å². The predicted molar refractivity (Wildman–Crippen MR) is 70.1 cm³/mol. The molecule has 1 aromatic carbocycles. The third-order valence-corrected chi connectivity index (χ3v) is 2.66. The zero-order valence-electron chi connectivity index (χ0n) is 10.8. The molecule has 0 saturated heterocycles. The summed E-state index contributed by atoms with van der Waals surface area (Å²) in [4.78, 5) is 2.14. The number of aliphatic hydroxyl groups excluding tert-OH is 1. The maximum atomic E-state index is 9.68.